The van der Waals surface area contributed by atoms with Gasteiger partial charge in [0.25, 0.3) is 17.5 Å². The van der Waals surface area contributed by atoms with Crippen LogP contribution in [0.1, 0.15) is 43.2 Å². The van der Waals surface area contributed by atoms with Crippen molar-refractivity contribution in [1.29, 1.82) is 0 Å². The fraction of sp³-hybridized carbons (Fsp3) is 0.222. The van der Waals surface area contributed by atoms with Crippen LogP contribution in [0.25, 0.3) is 22.8 Å². The molecule has 0 fully saturated rings. The van der Waals surface area contributed by atoms with E-state index >= 15 is 0 Å². The van der Waals surface area contributed by atoms with Crippen LogP contribution < -0.4 is 37.3 Å². The van der Waals surface area contributed by atoms with Gasteiger partial charge < -0.3 is 37.3 Å². The van der Waals surface area contributed by atoms with Crippen molar-refractivity contribution < 1.29 is 24.0 Å². The quantitative estimate of drug-likeness (QED) is 0.0804. The molecular weight excluding hydrogens is 724 g/mol. The summed E-state index contributed by atoms with van der Waals surface area (Å²) in [6.07, 6.45) is 6.12. The van der Waals surface area contributed by atoms with E-state index in [1.165, 1.54) is 25.3 Å². The van der Waals surface area contributed by atoms with E-state index in [0.29, 0.717) is 70.9 Å². The normalized spacial score (nSPS) is 12.1. The van der Waals surface area contributed by atoms with Crippen LogP contribution >= 0.6 is 0 Å². The van der Waals surface area contributed by atoms with Crippen molar-refractivity contribution in [1.82, 2.24) is 39.5 Å². The zero-order valence-corrected chi connectivity index (χ0v) is 30.7. The lowest BCUT2D eigenvalue weighted by Gasteiger charge is -2.18. The van der Waals surface area contributed by atoms with Gasteiger partial charge in [-0.2, -0.15) is 10.2 Å². The number of rotatable bonds is 9. The number of methoxy groups -OCH3 is 2. The molecule has 0 unspecified atom stereocenters. The van der Waals surface area contributed by atoms with Crippen molar-refractivity contribution in [2.24, 2.45) is 25.6 Å². The van der Waals surface area contributed by atoms with Gasteiger partial charge >= 0.3 is 0 Å². The van der Waals surface area contributed by atoms with E-state index in [0.717, 1.165) is 40.1 Å². The number of nitro groups is 1. The minimum absolute atomic E-state index is 0.0914. The Morgan fingerprint density at radius 3 is 1.66 bits per heavy atom. The molecule has 2 amide bonds. The second-order valence-corrected chi connectivity index (χ2v) is 12.8. The SMILES string of the molecule is COc1ccc(N)cc1Nc1ncc2c(n1)-c1c(c(C(N)=O)nn1C)CC2.COc1ccc([N+](=O)[O-])cc1Nc1ncc2c(n1)-c1c(c(C(N)=O)nn1C)CC2. The van der Waals surface area contributed by atoms with E-state index in [9.17, 15) is 19.7 Å². The van der Waals surface area contributed by atoms with Crippen molar-refractivity contribution in [3.05, 3.63) is 92.5 Å². The standard InChI is InChI=1S/C18H17N7O4.C18H19N7O2/c1-24-16-11(15(23-24)17(19)26)5-3-9-8-20-18(22-14(9)16)21-12-7-10(25(27)28)4-6-13(12)29-2;1-25-16-11(15(24-25)17(20)26)5-3-9-8-21-18(23-14(9)16)22-12-7-10(19)4-6-13(12)27-2/h4,6-8H,3,5H2,1-2H3,(H2,19,26)(H,20,21,22);4,6-8H,3,5,19H2,1-2H3,(H2,20,26)(H,21,22,23). The maximum atomic E-state index is 11.7. The van der Waals surface area contributed by atoms with Crippen LogP contribution in [0.5, 0.6) is 11.5 Å². The first-order valence-electron chi connectivity index (χ1n) is 17.1. The Morgan fingerprint density at radius 2 is 1.21 bits per heavy atom. The van der Waals surface area contributed by atoms with Crippen molar-refractivity contribution in [2.75, 3.05) is 30.6 Å². The highest BCUT2D eigenvalue weighted by atomic mass is 16.6. The summed E-state index contributed by atoms with van der Waals surface area (Å²) in [6.45, 7) is 0. The number of nitrogen functional groups attached to an aromatic ring is 1. The fourth-order valence-electron chi connectivity index (χ4n) is 6.80. The van der Waals surface area contributed by atoms with E-state index in [1.54, 1.807) is 61.2 Å². The summed E-state index contributed by atoms with van der Waals surface area (Å²) in [6, 6.07) is 9.48. The number of nitrogens with two attached hydrogens (primary N) is 3. The summed E-state index contributed by atoms with van der Waals surface area (Å²) in [7, 11) is 6.54. The van der Waals surface area contributed by atoms with Crippen molar-refractivity contribution >= 4 is 46.5 Å². The predicted octanol–water partition coefficient (Wildman–Crippen LogP) is 3.14. The average Bonchev–Trinajstić information content (AvgIpc) is 3.72. The number of carbonyl (C=O) groups excluding carboxylic acids is 2. The Labute approximate surface area is 318 Å². The van der Waals surface area contributed by atoms with Gasteiger partial charge in [-0.05, 0) is 61.1 Å². The molecule has 56 heavy (non-hydrogen) atoms. The van der Waals surface area contributed by atoms with Gasteiger partial charge in [0, 0.05) is 55.4 Å². The maximum Gasteiger partial charge on any atom is 0.271 e. The number of non-ortho nitro benzene ring substituents is 1. The van der Waals surface area contributed by atoms with E-state index in [-0.39, 0.29) is 17.3 Å². The molecule has 20 heteroatoms. The molecule has 0 bridgehead atoms. The van der Waals surface area contributed by atoms with Gasteiger partial charge in [-0.15, -0.1) is 0 Å². The number of fused-ring (bicyclic) bond motifs is 6. The van der Waals surface area contributed by atoms with Gasteiger partial charge in [-0.3, -0.25) is 29.1 Å². The minimum Gasteiger partial charge on any atom is -0.495 e. The highest BCUT2D eigenvalue weighted by Gasteiger charge is 2.29. The van der Waals surface area contributed by atoms with Gasteiger partial charge in [0.1, 0.15) is 11.5 Å². The first kappa shape index (κ1) is 36.7. The summed E-state index contributed by atoms with van der Waals surface area (Å²) in [5.41, 5.74) is 25.2. The van der Waals surface area contributed by atoms with Crippen molar-refractivity contribution in [3.8, 4) is 34.3 Å². The van der Waals surface area contributed by atoms with Gasteiger partial charge in [-0.1, -0.05) is 0 Å². The summed E-state index contributed by atoms with van der Waals surface area (Å²) >= 11 is 0. The number of hydrogen-bond acceptors (Lipinski definition) is 15. The van der Waals surface area contributed by atoms with Gasteiger partial charge in [0.15, 0.2) is 11.4 Å². The third-order valence-electron chi connectivity index (χ3n) is 9.33. The van der Waals surface area contributed by atoms with Crippen LogP contribution in [0.4, 0.5) is 34.6 Å². The number of aromatic nitrogens is 8. The van der Waals surface area contributed by atoms with E-state index < -0.39 is 16.7 Å². The number of aryl methyl sites for hydroxylation is 4. The number of carbonyl (C=O) groups is 2. The second-order valence-electron chi connectivity index (χ2n) is 12.8. The summed E-state index contributed by atoms with van der Waals surface area (Å²) in [4.78, 5) is 51.9. The average molecular weight is 761 g/mol. The van der Waals surface area contributed by atoms with E-state index in [4.69, 9.17) is 26.7 Å². The molecule has 2 aliphatic carbocycles. The smallest absolute Gasteiger partial charge is 0.271 e. The molecule has 0 aliphatic heterocycles. The van der Waals surface area contributed by atoms with E-state index in [1.807, 2.05) is 0 Å². The summed E-state index contributed by atoms with van der Waals surface area (Å²) in [5.74, 6) is 0.549. The lowest BCUT2D eigenvalue weighted by Crippen LogP contribution is -2.16. The van der Waals surface area contributed by atoms with E-state index in [2.05, 4.69) is 40.8 Å². The second kappa shape index (κ2) is 14.6. The lowest BCUT2D eigenvalue weighted by molar-refractivity contribution is -0.384. The summed E-state index contributed by atoms with van der Waals surface area (Å²) in [5, 5.41) is 25.7. The zero-order chi connectivity index (χ0) is 39.8. The molecule has 2 aliphatic rings. The van der Waals surface area contributed by atoms with Gasteiger partial charge in [0.2, 0.25) is 11.9 Å². The number of anilines is 5. The molecule has 4 heterocycles. The molecule has 0 radical (unpaired) electrons. The third kappa shape index (κ3) is 6.81. The molecule has 0 spiro atoms. The number of primary amides is 2. The third-order valence-corrected chi connectivity index (χ3v) is 9.33. The molecule has 4 aromatic heterocycles. The molecule has 0 saturated carbocycles. The molecule has 286 valence electrons. The Bertz CT molecular complexity index is 2560. The highest BCUT2D eigenvalue weighted by Crippen LogP contribution is 2.37. The van der Waals surface area contributed by atoms with Crippen LogP contribution in [-0.2, 0) is 39.8 Å². The Balaban J connectivity index is 0.000000172. The zero-order valence-electron chi connectivity index (χ0n) is 30.7. The number of ether oxygens (including phenoxy) is 2. The molecule has 0 atom stereocenters. The minimum atomic E-state index is -0.584. The van der Waals surface area contributed by atoms with Crippen LogP contribution in [0.3, 0.4) is 0 Å². The van der Waals surface area contributed by atoms with Crippen LogP contribution in [0, 0.1) is 10.1 Å². The molecule has 6 aromatic rings. The largest absolute Gasteiger partial charge is 0.495 e. The number of nitrogens with zero attached hydrogens (tertiary/aromatic N) is 9. The first-order chi connectivity index (χ1) is 26.9. The van der Waals surface area contributed by atoms with Crippen molar-refractivity contribution in [3.63, 3.8) is 0 Å². The van der Waals surface area contributed by atoms with Gasteiger partial charge in [-0.25, -0.2) is 19.9 Å². The Morgan fingerprint density at radius 1 is 0.750 bits per heavy atom. The van der Waals surface area contributed by atoms with Crippen LogP contribution in [0.15, 0.2) is 48.8 Å². The number of hydrogen-bond donors (Lipinski definition) is 5. The maximum absolute atomic E-state index is 11.7. The number of amides is 2. The summed E-state index contributed by atoms with van der Waals surface area (Å²) < 4.78 is 13.8. The van der Waals surface area contributed by atoms with Crippen LogP contribution in [0.2, 0.25) is 0 Å². The monoisotopic (exact) mass is 760 g/mol. The Kier molecular flexibility index (Phi) is 9.60. The van der Waals surface area contributed by atoms with Crippen molar-refractivity contribution in [2.45, 2.75) is 25.7 Å². The number of benzene rings is 2. The molecule has 20 nitrogen and oxygen atoms in total. The first-order valence-corrected chi connectivity index (χ1v) is 17.1. The number of nitrogens with one attached hydrogen (secondary N) is 2. The Hall–Kier alpha value is -7.64. The number of nitro benzene ring substituents is 1. The highest BCUT2D eigenvalue weighted by molar-refractivity contribution is 5.95. The predicted molar refractivity (Wildman–Crippen MR) is 204 cm³/mol. The topological polar surface area (TPSA) is 285 Å². The van der Waals surface area contributed by atoms with Gasteiger partial charge in [0.05, 0.1) is 53.3 Å². The molecule has 2 aromatic carbocycles. The molecular formula is C36H36N14O6. The lowest BCUT2D eigenvalue weighted by atomic mass is 9.93. The molecule has 8 N–H and O–H groups in total. The van der Waals surface area contributed by atoms with Crippen LogP contribution in [-0.4, -0.2) is 70.5 Å². The fourth-order valence-corrected chi connectivity index (χ4v) is 6.80. The molecule has 0 saturated heterocycles. The molecule has 8 rings (SSSR count).